The molecular formula is C16H25N5O3. The molecule has 132 valence electrons. The van der Waals surface area contributed by atoms with Crippen LogP contribution < -0.4 is 5.69 Å². The van der Waals surface area contributed by atoms with Crippen LogP contribution in [-0.4, -0.2) is 62.6 Å². The van der Waals surface area contributed by atoms with Gasteiger partial charge in [0.05, 0.1) is 6.54 Å². The SMILES string of the molecule is C=CC(=O)N(CC)CC(=O)N1CCC(c2n[nH]c(=O)n2CC)CC1. The third-order valence-electron chi connectivity index (χ3n) is 4.51. The van der Waals surface area contributed by atoms with Crippen molar-refractivity contribution in [1.82, 2.24) is 24.6 Å². The van der Waals surface area contributed by atoms with Crippen LogP contribution in [0.1, 0.15) is 38.4 Å². The second kappa shape index (κ2) is 7.94. The van der Waals surface area contributed by atoms with E-state index in [0.717, 1.165) is 18.7 Å². The molecule has 2 heterocycles. The first kappa shape index (κ1) is 18.0. The highest BCUT2D eigenvalue weighted by Gasteiger charge is 2.28. The Bertz CT molecular complexity index is 655. The summed E-state index contributed by atoms with van der Waals surface area (Å²) in [5, 5.41) is 6.63. The molecule has 0 radical (unpaired) electrons. The Balaban J connectivity index is 1.94. The number of rotatable bonds is 6. The van der Waals surface area contributed by atoms with Crippen LogP contribution in [0.15, 0.2) is 17.4 Å². The van der Waals surface area contributed by atoms with Crippen molar-refractivity contribution in [1.29, 1.82) is 0 Å². The molecule has 1 aliphatic rings. The van der Waals surface area contributed by atoms with Gasteiger partial charge in [0.15, 0.2) is 0 Å². The smallest absolute Gasteiger partial charge is 0.341 e. The van der Waals surface area contributed by atoms with Gasteiger partial charge in [-0.15, -0.1) is 0 Å². The fourth-order valence-electron chi connectivity index (χ4n) is 3.07. The molecular weight excluding hydrogens is 310 g/mol. The third kappa shape index (κ3) is 3.74. The predicted molar refractivity (Wildman–Crippen MR) is 89.5 cm³/mol. The second-order valence-corrected chi connectivity index (χ2v) is 5.84. The van der Waals surface area contributed by atoms with Crippen molar-refractivity contribution < 1.29 is 9.59 Å². The molecule has 8 heteroatoms. The van der Waals surface area contributed by atoms with E-state index >= 15 is 0 Å². The Labute approximate surface area is 141 Å². The monoisotopic (exact) mass is 335 g/mol. The summed E-state index contributed by atoms with van der Waals surface area (Å²) >= 11 is 0. The van der Waals surface area contributed by atoms with Crippen molar-refractivity contribution in [2.24, 2.45) is 0 Å². The predicted octanol–water partition coefficient (Wildman–Crippen LogP) is 0.332. The summed E-state index contributed by atoms with van der Waals surface area (Å²) in [5.74, 6) is 0.654. The lowest BCUT2D eigenvalue weighted by atomic mass is 9.96. The van der Waals surface area contributed by atoms with Gasteiger partial charge in [-0.1, -0.05) is 6.58 Å². The van der Waals surface area contributed by atoms with Gasteiger partial charge in [0.25, 0.3) is 0 Å². The van der Waals surface area contributed by atoms with Crippen molar-refractivity contribution in [2.75, 3.05) is 26.2 Å². The number of aromatic amines is 1. The van der Waals surface area contributed by atoms with Gasteiger partial charge in [0, 0.05) is 32.1 Å². The Morgan fingerprint density at radius 2 is 2.04 bits per heavy atom. The number of H-pyrrole nitrogens is 1. The fraction of sp³-hybridized carbons (Fsp3) is 0.625. The van der Waals surface area contributed by atoms with E-state index in [1.165, 1.54) is 11.0 Å². The van der Waals surface area contributed by atoms with E-state index in [4.69, 9.17) is 0 Å². The zero-order valence-electron chi connectivity index (χ0n) is 14.3. The fourth-order valence-corrected chi connectivity index (χ4v) is 3.07. The summed E-state index contributed by atoms with van der Waals surface area (Å²) in [6.07, 6.45) is 2.75. The average molecular weight is 335 g/mol. The molecule has 8 nitrogen and oxygen atoms in total. The molecule has 0 bridgehead atoms. The molecule has 0 spiro atoms. The van der Waals surface area contributed by atoms with E-state index in [9.17, 15) is 14.4 Å². The van der Waals surface area contributed by atoms with Gasteiger partial charge in [-0.3, -0.25) is 14.2 Å². The van der Waals surface area contributed by atoms with Crippen molar-refractivity contribution >= 4 is 11.8 Å². The summed E-state index contributed by atoms with van der Waals surface area (Å²) in [7, 11) is 0. The van der Waals surface area contributed by atoms with E-state index in [-0.39, 0.29) is 30.0 Å². The molecule has 1 N–H and O–H groups in total. The molecule has 0 unspecified atom stereocenters. The van der Waals surface area contributed by atoms with Crippen LogP contribution in [0.5, 0.6) is 0 Å². The van der Waals surface area contributed by atoms with Crippen LogP contribution in [0.2, 0.25) is 0 Å². The highest BCUT2D eigenvalue weighted by atomic mass is 16.2. The molecule has 0 atom stereocenters. The van der Waals surface area contributed by atoms with Crippen LogP contribution in [0, 0.1) is 0 Å². The second-order valence-electron chi connectivity index (χ2n) is 5.84. The number of hydrogen-bond donors (Lipinski definition) is 1. The number of aromatic nitrogens is 3. The van der Waals surface area contributed by atoms with Crippen LogP contribution >= 0.6 is 0 Å². The molecule has 0 aromatic carbocycles. The van der Waals surface area contributed by atoms with Gasteiger partial charge in [0.1, 0.15) is 5.82 Å². The number of hydrogen-bond acceptors (Lipinski definition) is 4. The van der Waals surface area contributed by atoms with Crippen LogP contribution in [0.25, 0.3) is 0 Å². The maximum atomic E-state index is 12.4. The minimum atomic E-state index is -0.232. The molecule has 1 aliphatic heterocycles. The Kier molecular flexibility index (Phi) is 5.94. The largest absolute Gasteiger partial charge is 0.343 e. The Hall–Kier alpha value is -2.38. The Morgan fingerprint density at radius 3 is 2.58 bits per heavy atom. The van der Waals surface area contributed by atoms with Gasteiger partial charge < -0.3 is 9.80 Å². The van der Waals surface area contributed by atoms with Crippen molar-refractivity contribution in [3.8, 4) is 0 Å². The average Bonchev–Trinajstić information content (AvgIpc) is 2.99. The molecule has 1 fully saturated rings. The first-order valence-electron chi connectivity index (χ1n) is 8.36. The molecule has 2 amide bonds. The first-order valence-corrected chi connectivity index (χ1v) is 8.36. The number of carbonyl (C=O) groups is 2. The van der Waals surface area contributed by atoms with Gasteiger partial charge >= 0.3 is 5.69 Å². The van der Waals surface area contributed by atoms with E-state index in [0.29, 0.717) is 26.2 Å². The minimum absolute atomic E-state index is 0.0552. The van der Waals surface area contributed by atoms with Crippen LogP contribution in [-0.2, 0) is 16.1 Å². The molecule has 1 saturated heterocycles. The van der Waals surface area contributed by atoms with E-state index in [1.807, 2.05) is 13.8 Å². The summed E-state index contributed by atoms with van der Waals surface area (Å²) in [5.41, 5.74) is -0.187. The number of piperidine rings is 1. The minimum Gasteiger partial charge on any atom is -0.341 e. The normalized spacial score (nSPS) is 15.3. The van der Waals surface area contributed by atoms with Gasteiger partial charge in [-0.2, -0.15) is 5.10 Å². The summed E-state index contributed by atoms with van der Waals surface area (Å²) in [4.78, 5) is 39.0. The lowest BCUT2D eigenvalue weighted by molar-refractivity contribution is -0.138. The maximum absolute atomic E-state index is 12.4. The van der Waals surface area contributed by atoms with Gasteiger partial charge in [0.2, 0.25) is 11.8 Å². The van der Waals surface area contributed by atoms with Gasteiger partial charge in [-0.25, -0.2) is 9.89 Å². The summed E-state index contributed by atoms with van der Waals surface area (Å²) < 4.78 is 1.64. The number of carbonyl (C=O) groups excluding carboxylic acids is 2. The Morgan fingerprint density at radius 1 is 1.38 bits per heavy atom. The van der Waals surface area contributed by atoms with Crippen LogP contribution in [0.4, 0.5) is 0 Å². The highest BCUT2D eigenvalue weighted by molar-refractivity contribution is 5.90. The molecule has 24 heavy (non-hydrogen) atoms. The van der Waals surface area contributed by atoms with Gasteiger partial charge in [-0.05, 0) is 32.8 Å². The highest BCUT2D eigenvalue weighted by Crippen LogP contribution is 2.25. The standard InChI is InChI=1S/C16H25N5O3/c1-4-13(22)19(5-2)11-14(23)20-9-7-12(8-10-20)15-17-18-16(24)21(15)6-3/h4,12H,1,5-11H2,2-3H3,(H,18,24). The molecule has 0 saturated carbocycles. The molecule has 2 rings (SSSR count). The topological polar surface area (TPSA) is 91.3 Å². The zero-order valence-corrected chi connectivity index (χ0v) is 14.3. The third-order valence-corrected chi connectivity index (χ3v) is 4.51. The van der Waals surface area contributed by atoms with Crippen LogP contribution in [0.3, 0.4) is 0 Å². The lowest BCUT2D eigenvalue weighted by Crippen LogP contribution is -2.45. The van der Waals surface area contributed by atoms with E-state index in [2.05, 4.69) is 16.8 Å². The number of likely N-dealkylation sites (N-methyl/N-ethyl adjacent to an activating group) is 1. The molecule has 1 aromatic heterocycles. The summed E-state index contributed by atoms with van der Waals surface area (Å²) in [6.45, 7) is 9.55. The van der Waals surface area contributed by atoms with Crippen molar-refractivity contribution in [3.63, 3.8) is 0 Å². The van der Waals surface area contributed by atoms with Crippen molar-refractivity contribution in [3.05, 3.63) is 29.0 Å². The number of likely N-dealkylation sites (tertiary alicyclic amines) is 1. The van der Waals surface area contributed by atoms with E-state index in [1.54, 1.807) is 9.47 Å². The molecule has 1 aromatic rings. The number of nitrogens with one attached hydrogen (secondary N) is 1. The summed E-state index contributed by atoms with van der Waals surface area (Å²) in [6, 6.07) is 0. The zero-order chi connectivity index (χ0) is 17.7. The number of amides is 2. The first-order chi connectivity index (χ1) is 11.5. The lowest BCUT2D eigenvalue weighted by Gasteiger charge is -2.33. The maximum Gasteiger partial charge on any atom is 0.343 e. The van der Waals surface area contributed by atoms with E-state index < -0.39 is 0 Å². The molecule has 0 aliphatic carbocycles. The quantitative estimate of drug-likeness (QED) is 0.759. The number of nitrogens with zero attached hydrogens (tertiary/aromatic N) is 4. The van der Waals surface area contributed by atoms with Crippen molar-refractivity contribution in [2.45, 2.75) is 39.2 Å².